The molecule has 3 nitrogen and oxygen atoms in total. The molecule has 0 heterocycles. The second kappa shape index (κ2) is 10.3. The van der Waals surface area contributed by atoms with Crippen molar-refractivity contribution in [2.24, 2.45) is 11.7 Å². The third kappa shape index (κ3) is 6.48. The van der Waals surface area contributed by atoms with Gasteiger partial charge >= 0.3 is 5.97 Å². The van der Waals surface area contributed by atoms with E-state index in [9.17, 15) is 4.79 Å². The minimum absolute atomic E-state index is 0.104. The van der Waals surface area contributed by atoms with Crippen molar-refractivity contribution in [1.82, 2.24) is 0 Å². The average Bonchev–Trinajstić information content (AvgIpc) is 2.63. The molecule has 3 heteroatoms. The Kier molecular flexibility index (Phi) is 8.03. The molecule has 1 aliphatic carbocycles. The Morgan fingerprint density at radius 2 is 1.88 bits per heavy atom. The summed E-state index contributed by atoms with van der Waals surface area (Å²) in [4.78, 5) is 11.0. The molecule has 132 valence electrons. The number of ether oxygens (including phenoxy) is 1. The van der Waals surface area contributed by atoms with E-state index in [0.29, 0.717) is 6.42 Å². The lowest BCUT2D eigenvalue weighted by molar-refractivity contribution is -0.140. The number of carbonyl (C=O) groups is 1. The number of nitrogens with two attached hydrogens (primary N) is 1. The van der Waals surface area contributed by atoms with Crippen molar-refractivity contribution in [3.63, 3.8) is 0 Å². The quantitative estimate of drug-likeness (QED) is 0.564. The molecule has 1 saturated carbocycles. The van der Waals surface area contributed by atoms with Crippen LogP contribution in [0, 0.1) is 5.92 Å². The van der Waals surface area contributed by atoms with Crippen molar-refractivity contribution in [3.8, 4) is 0 Å². The van der Waals surface area contributed by atoms with Crippen molar-refractivity contribution in [3.05, 3.63) is 41.0 Å². The van der Waals surface area contributed by atoms with Gasteiger partial charge in [-0.25, -0.2) is 0 Å². The highest BCUT2D eigenvalue weighted by atomic mass is 16.5. The van der Waals surface area contributed by atoms with Crippen LogP contribution in [0.2, 0.25) is 0 Å². The lowest BCUT2D eigenvalue weighted by Crippen LogP contribution is -2.17. The Morgan fingerprint density at radius 3 is 2.50 bits per heavy atom. The highest BCUT2D eigenvalue weighted by molar-refractivity contribution is 5.68. The third-order valence-corrected chi connectivity index (χ3v) is 5.01. The van der Waals surface area contributed by atoms with E-state index in [-0.39, 0.29) is 5.97 Å². The first-order chi connectivity index (χ1) is 11.7. The molecule has 0 atom stereocenters. The summed E-state index contributed by atoms with van der Waals surface area (Å²) in [5.74, 6) is 0.622. The van der Waals surface area contributed by atoms with Gasteiger partial charge < -0.3 is 10.5 Å². The second-order valence-electron chi connectivity index (χ2n) is 6.86. The van der Waals surface area contributed by atoms with Gasteiger partial charge in [-0.15, -0.1) is 0 Å². The van der Waals surface area contributed by atoms with Crippen LogP contribution in [0.25, 0.3) is 6.08 Å². The number of benzene rings is 1. The van der Waals surface area contributed by atoms with Crippen LogP contribution in [-0.4, -0.2) is 19.6 Å². The summed E-state index contributed by atoms with van der Waals surface area (Å²) in [6.45, 7) is 0.835. The first-order valence-corrected chi connectivity index (χ1v) is 9.26. The molecule has 0 aromatic heterocycles. The summed E-state index contributed by atoms with van der Waals surface area (Å²) >= 11 is 0. The van der Waals surface area contributed by atoms with Crippen molar-refractivity contribution in [2.45, 2.75) is 57.8 Å². The fourth-order valence-corrected chi connectivity index (χ4v) is 3.32. The van der Waals surface area contributed by atoms with Gasteiger partial charge in [0.15, 0.2) is 0 Å². The maximum atomic E-state index is 11.0. The Labute approximate surface area is 146 Å². The summed E-state index contributed by atoms with van der Waals surface area (Å²) in [5, 5.41) is 0. The van der Waals surface area contributed by atoms with Crippen LogP contribution < -0.4 is 5.73 Å². The first-order valence-electron chi connectivity index (χ1n) is 9.26. The van der Waals surface area contributed by atoms with E-state index in [0.717, 1.165) is 38.1 Å². The van der Waals surface area contributed by atoms with Crippen LogP contribution in [0.3, 0.4) is 0 Å². The number of esters is 1. The van der Waals surface area contributed by atoms with E-state index in [1.165, 1.54) is 43.9 Å². The number of aryl methyl sites for hydroxylation is 1. The van der Waals surface area contributed by atoms with Crippen LogP contribution in [0.4, 0.5) is 0 Å². The highest BCUT2D eigenvalue weighted by Gasteiger charge is 2.14. The van der Waals surface area contributed by atoms with Gasteiger partial charge in [0, 0.05) is 6.42 Å². The molecule has 0 radical (unpaired) electrons. The summed E-state index contributed by atoms with van der Waals surface area (Å²) < 4.78 is 4.65. The van der Waals surface area contributed by atoms with Crippen molar-refractivity contribution < 1.29 is 9.53 Å². The predicted molar refractivity (Wildman–Crippen MR) is 99.6 cm³/mol. The Balaban J connectivity index is 1.72. The van der Waals surface area contributed by atoms with Gasteiger partial charge in [-0.2, -0.15) is 0 Å². The number of carbonyl (C=O) groups excluding carboxylic acids is 1. The zero-order valence-electron chi connectivity index (χ0n) is 14.9. The Bertz CT molecular complexity index is 523. The molecule has 24 heavy (non-hydrogen) atoms. The Hall–Kier alpha value is -1.61. The Morgan fingerprint density at radius 1 is 1.17 bits per heavy atom. The standard InChI is InChI=1S/C21H31NO2/c1-24-21(23)6-4-2-3-5-17-7-9-18(10-8-17)15-19-11-13-20(16-22)14-12-19/h7-10,15,20H,2-6,11-14,16,22H2,1H3. The van der Waals surface area contributed by atoms with Crippen molar-refractivity contribution >= 4 is 12.0 Å². The molecule has 2 rings (SSSR count). The summed E-state index contributed by atoms with van der Waals surface area (Å²) in [6.07, 6.45) is 12.0. The van der Waals surface area contributed by atoms with Gasteiger partial charge in [-0.3, -0.25) is 4.79 Å². The molecule has 1 aliphatic rings. The maximum absolute atomic E-state index is 11.0. The number of allylic oxidation sites excluding steroid dienone is 1. The number of methoxy groups -OCH3 is 1. The zero-order chi connectivity index (χ0) is 17.2. The largest absolute Gasteiger partial charge is 0.469 e. The predicted octanol–water partition coefficient (Wildman–Crippen LogP) is 4.49. The monoisotopic (exact) mass is 329 g/mol. The van der Waals surface area contributed by atoms with Crippen LogP contribution in [0.1, 0.15) is 62.5 Å². The molecule has 0 unspecified atom stereocenters. The van der Waals surface area contributed by atoms with E-state index in [1.807, 2.05) is 0 Å². The number of hydrogen-bond acceptors (Lipinski definition) is 3. The minimum atomic E-state index is -0.104. The summed E-state index contributed by atoms with van der Waals surface area (Å²) in [5.41, 5.74) is 10.0. The first kappa shape index (κ1) is 18.7. The molecule has 0 spiro atoms. The summed E-state index contributed by atoms with van der Waals surface area (Å²) in [7, 11) is 1.45. The number of unbranched alkanes of at least 4 members (excludes halogenated alkanes) is 2. The van der Waals surface area contributed by atoms with Crippen LogP contribution in [0.5, 0.6) is 0 Å². The topological polar surface area (TPSA) is 52.3 Å². The minimum Gasteiger partial charge on any atom is -0.469 e. The van der Waals surface area contributed by atoms with Gasteiger partial charge in [0.2, 0.25) is 0 Å². The van der Waals surface area contributed by atoms with Crippen LogP contribution in [-0.2, 0) is 16.0 Å². The van der Waals surface area contributed by atoms with Crippen molar-refractivity contribution in [2.75, 3.05) is 13.7 Å². The molecule has 1 fully saturated rings. The lowest BCUT2D eigenvalue weighted by Gasteiger charge is -2.22. The van der Waals surface area contributed by atoms with Crippen molar-refractivity contribution in [1.29, 1.82) is 0 Å². The molecule has 0 bridgehead atoms. The van der Waals surface area contributed by atoms with Crippen LogP contribution >= 0.6 is 0 Å². The van der Waals surface area contributed by atoms with Gasteiger partial charge in [-0.05, 0) is 68.5 Å². The van der Waals surface area contributed by atoms with Gasteiger partial charge in [0.05, 0.1) is 7.11 Å². The smallest absolute Gasteiger partial charge is 0.305 e. The van der Waals surface area contributed by atoms with E-state index in [4.69, 9.17) is 5.73 Å². The molecule has 0 amide bonds. The fraction of sp³-hybridized carbons (Fsp3) is 0.571. The van der Waals surface area contributed by atoms with E-state index >= 15 is 0 Å². The maximum Gasteiger partial charge on any atom is 0.305 e. The van der Waals surface area contributed by atoms with Gasteiger partial charge in [0.1, 0.15) is 0 Å². The molecular formula is C21H31NO2. The number of hydrogen-bond donors (Lipinski definition) is 1. The van der Waals surface area contributed by atoms with E-state index in [1.54, 1.807) is 5.57 Å². The van der Waals surface area contributed by atoms with Crippen LogP contribution in [0.15, 0.2) is 29.8 Å². The van der Waals surface area contributed by atoms with E-state index in [2.05, 4.69) is 35.1 Å². The van der Waals surface area contributed by atoms with Gasteiger partial charge in [0.25, 0.3) is 0 Å². The fourth-order valence-electron chi connectivity index (χ4n) is 3.32. The normalized spacial score (nSPS) is 17.6. The lowest BCUT2D eigenvalue weighted by atomic mass is 9.85. The number of rotatable bonds is 8. The SMILES string of the molecule is COC(=O)CCCCCc1ccc(C=C2CCC(CN)CC2)cc1. The molecule has 0 saturated heterocycles. The zero-order valence-corrected chi connectivity index (χ0v) is 14.9. The third-order valence-electron chi connectivity index (χ3n) is 5.01. The second-order valence-corrected chi connectivity index (χ2v) is 6.86. The molecule has 0 aliphatic heterocycles. The highest BCUT2D eigenvalue weighted by Crippen LogP contribution is 2.29. The molecular weight excluding hydrogens is 298 g/mol. The average molecular weight is 329 g/mol. The van der Waals surface area contributed by atoms with Gasteiger partial charge in [-0.1, -0.05) is 42.3 Å². The van der Waals surface area contributed by atoms with E-state index < -0.39 is 0 Å². The molecule has 1 aromatic carbocycles. The molecule has 1 aromatic rings. The summed E-state index contributed by atoms with van der Waals surface area (Å²) in [6, 6.07) is 8.92. The molecule has 2 N–H and O–H groups in total.